The number of amides is 3. The van der Waals surface area contributed by atoms with Crippen LogP contribution in [0.15, 0.2) is 0 Å². The van der Waals surface area contributed by atoms with Crippen LogP contribution in [-0.2, 0) is 4.79 Å². The number of piperazine rings is 1. The van der Waals surface area contributed by atoms with Crippen molar-refractivity contribution in [2.75, 3.05) is 39.8 Å². The predicted octanol–water partition coefficient (Wildman–Crippen LogP) is -0.778. The van der Waals surface area contributed by atoms with Crippen LogP contribution in [0.3, 0.4) is 0 Å². The first-order chi connectivity index (χ1) is 8.19. The Morgan fingerprint density at radius 2 is 1.82 bits per heavy atom. The third-order valence-electron chi connectivity index (χ3n) is 3.32. The zero-order valence-electron chi connectivity index (χ0n) is 10.2. The van der Waals surface area contributed by atoms with Crippen molar-refractivity contribution in [3.05, 3.63) is 0 Å². The Hall–Kier alpha value is -1.14. The summed E-state index contributed by atoms with van der Waals surface area (Å²) in [5, 5.41) is 4.64. The molecule has 1 heterocycles. The molecule has 2 fully saturated rings. The van der Waals surface area contributed by atoms with Gasteiger partial charge in [0.25, 0.3) is 0 Å². The van der Waals surface area contributed by atoms with E-state index in [4.69, 9.17) is 0 Å². The van der Waals surface area contributed by atoms with Crippen molar-refractivity contribution in [2.45, 2.75) is 18.9 Å². The highest BCUT2D eigenvalue weighted by molar-refractivity contribution is 5.95. The number of urea groups is 1. The summed E-state index contributed by atoms with van der Waals surface area (Å²) >= 11 is 0. The van der Waals surface area contributed by atoms with Crippen molar-refractivity contribution in [1.29, 1.82) is 0 Å². The highest BCUT2D eigenvalue weighted by Gasteiger charge is 2.31. The van der Waals surface area contributed by atoms with E-state index in [0.29, 0.717) is 6.54 Å². The van der Waals surface area contributed by atoms with E-state index in [9.17, 15) is 9.59 Å². The van der Waals surface area contributed by atoms with Gasteiger partial charge in [0.05, 0.1) is 6.54 Å². The number of imide groups is 1. The largest absolute Gasteiger partial charge is 0.341 e. The topological polar surface area (TPSA) is 64.7 Å². The van der Waals surface area contributed by atoms with E-state index in [0.717, 1.165) is 32.2 Å². The molecule has 0 unspecified atom stereocenters. The van der Waals surface area contributed by atoms with E-state index in [1.54, 1.807) is 0 Å². The Kier molecular flexibility index (Phi) is 3.96. The predicted molar refractivity (Wildman–Crippen MR) is 63.6 cm³/mol. The maximum atomic E-state index is 11.5. The lowest BCUT2D eigenvalue weighted by Crippen LogP contribution is -2.51. The maximum absolute atomic E-state index is 11.5. The molecule has 6 nitrogen and oxygen atoms in total. The van der Waals surface area contributed by atoms with E-state index in [1.165, 1.54) is 19.9 Å². The molecule has 2 aliphatic rings. The number of carbonyl (C=O) groups is 2. The molecule has 2 rings (SSSR count). The number of nitrogens with one attached hydrogen (secondary N) is 2. The smallest absolute Gasteiger partial charge is 0.321 e. The van der Waals surface area contributed by atoms with Gasteiger partial charge in [-0.1, -0.05) is 0 Å². The van der Waals surface area contributed by atoms with Crippen LogP contribution in [0.25, 0.3) is 0 Å². The van der Waals surface area contributed by atoms with Gasteiger partial charge < -0.3 is 5.32 Å². The van der Waals surface area contributed by atoms with Gasteiger partial charge in [-0.2, -0.15) is 0 Å². The minimum atomic E-state index is -0.438. The molecular formula is C11H20N4O2. The minimum Gasteiger partial charge on any atom is -0.341 e. The molecule has 0 aromatic heterocycles. The van der Waals surface area contributed by atoms with Crippen molar-refractivity contribution < 1.29 is 9.59 Å². The standard InChI is InChI=1S/C11H20N4O2/c1-12-11(17)13-10(16)8-14-4-6-15(7-5-14)9-2-3-9/h9H,2-8H2,1H3,(H2,12,13,16,17). The van der Waals surface area contributed by atoms with Crippen molar-refractivity contribution >= 4 is 11.9 Å². The summed E-state index contributed by atoms with van der Waals surface area (Å²) in [7, 11) is 1.50. The molecule has 0 bridgehead atoms. The molecule has 96 valence electrons. The van der Waals surface area contributed by atoms with Gasteiger partial charge in [0.1, 0.15) is 0 Å². The number of rotatable bonds is 3. The van der Waals surface area contributed by atoms with Gasteiger partial charge >= 0.3 is 6.03 Å². The zero-order valence-corrected chi connectivity index (χ0v) is 10.2. The Bertz CT molecular complexity index is 296. The van der Waals surface area contributed by atoms with Gasteiger partial charge in [-0.3, -0.25) is 19.9 Å². The third-order valence-corrected chi connectivity index (χ3v) is 3.32. The van der Waals surface area contributed by atoms with Crippen LogP contribution in [0, 0.1) is 0 Å². The third kappa shape index (κ3) is 3.67. The van der Waals surface area contributed by atoms with Crippen LogP contribution in [-0.4, -0.2) is 67.6 Å². The normalized spacial score (nSPS) is 22.2. The van der Waals surface area contributed by atoms with E-state index < -0.39 is 6.03 Å². The molecule has 6 heteroatoms. The molecule has 0 aromatic carbocycles. The molecule has 1 aliphatic heterocycles. The minimum absolute atomic E-state index is 0.232. The summed E-state index contributed by atoms with van der Waals surface area (Å²) in [5.74, 6) is -0.232. The molecular weight excluding hydrogens is 220 g/mol. The number of carbonyl (C=O) groups excluding carboxylic acids is 2. The molecule has 0 aromatic rings. The highest BCUT2D eigenvalue weighted by Crippen LogP contribution is 2.27. The quantitative estimate of drug-likeness (QED) is 0.679. The summed E-state index contributed by atoms with van der Waals surface area (Å²) < 4.78 is 0. The van der Waals surface area contributed by atoms with Gasteiger partial charge in [-0.15, -0.1) is 0 Å². The SMILES string of the molecule is CNC(=O)NC(=O)CN1CCN(C2CC2)CC1. The summed E-state index contributed by atoms with van der Waals surface area (Å²) in [6.07, 6.45) is 2.66. The highest BCUT2D eigenvalue weighted by atomic mass is 16.2. The van der Waals surface area contributed by atoms with Crippen LogP contribution < -0.4 is 10.6 Å². The fourth-order valence-corrected chi connectivity index (χ4v) is 2.16. The van der Waals surface area contributed by atoms with Crippen LogP contribution >= 0.6 is 0 Å². The Labute approximate surface area is 101 Å². The Balaban J connectivity index is 1.66. The average molecular weight is 240 g/mol. The van der Waals surface area contributed by atoms with Gasteiger partial charge in [0, 0.05) is 39.3 Å². The molecule has 1 saturated carbocycles. The van der Waals surface area contributed by atoms with Crippen molar-refractivity contribution in [1.82, 2.24) is 20.4 Å². The first kappa shape index (κ1) is 12.3. The zero-order chi connectivity index (χ0) is 12.3. The maximum Gasteiger partial charge on any atom is 0.321 e. The van der Waals surface area contributed by atoms with Gasteiger partial charge in [0.15, 0.2) is 0 Å². The molecule has 3 amide bonds. The second-order valence-electron chi connectivity index (χ2n) is 4.67. The summed E-state index contributed by atoms with van der Waals surface area (Å²) in [6.45, 7) is 4.22. The lowest BCUT2D eigenvalue weighted by Gasteiger charge is -2.34. The van der Waals surface area contributed by atoms with Crippen LogP contribution in [0.4, 0.5) is 4.79 Å². The second-order valence-corrected chi connectivity index (χ2v) is 4.67. The lowest BCUT2D eigenvalue weighted by atomic mass is 10.3. The van der Waals surface area contributed by atoms with Crippen molar-refractivity contribution in [3.8, 4) is 0 Å². The summed E-state index contributed by atoms with van der Waals surface area (Å²) in [4.78, 5) is 27.0. The van der Waals surface area contributed by atoms with E-state index in [1.807, 2.05) is 0 Å². The van der Waals surface area contributed by atoms with Gasteiger partial charge in [0.2, 0.25) is 5.91 Å². The fourth-order valence-electron chi connectivity index (χ4n) is 2.16. The molecule has 1 aliphatic carbocycles. The van der Waals surface area contributed by atoms with Gasteiger partial charge in [-0.25, -0.2) is 4.79 Å². The molecule has 0 spiro atoms. The number of hydrogen-bond acceptors (Lipinski definition) is 4. The average Bonchev–Trinajstić information content (AvgIpc) is 3.13. The number of nitrogens with zero attached hydrogens (tertiary/aromatic N) is 2. The molecule has 0 radical (unpaired) electrons. The van der Waals surface area contributed by atoms with Crippen molar-refractivity contribution in [3.63, 3.8) is 0 Å². The lowest BCUT2D eigenvalue weighted by molar-refractivity contribution is -0.121. The molecule has 2 N–H and O–H groups in total. The summed E-state index contributed by atoms with van der Waals surface area (Å²) in [5.41, 5.74) is 0. The fraction of sp³-hybridized carbons (Fsp3) is 0.818. The van der Waals surface area contributed by atoms with Crippen LogP contribution in [0.2, 0.25) is 0 Å². The first-order valence-electron chi connectivity index (χ1n) is 6.17. The molecule has 17 heavy (non-hydrogen) atoms. The van der Waals surface area contributed by atoms with Crippen molar-refractivity contribution in [2.24, 2.45) is 0 Å². The first-order valence-corrected chi connectivity index (χ1v) is 6.17. The summed E-state index contributed by atoms with van der Waals surface area (Å²) in [6, 6.07) is 0.364. The Morgan fingerprint density at radius 3 is 2.35 bits per heavy atom. The van der Waals surface area contributed by atoms with E-state index >= 15 is 0 Å². The van der Waals surface area contributed by atoms with Crippen LogP contribution in [0.5, 0.6) is 0 Å². The number of hydrogen-bond donors (Lipinski definition) is 2. The van der Waals surface area contributed by atoms with Crippen LogP contribution in [0.1, 0.15) is 12.8 Å². The van der Waals surface area contributed by atoms with E-state index in [2.05, 4.69) is 20.4 Å². The molecule has 0 atom stereocenters. The Morgan fingerprint density at radius 1 is 1.18 bits per heavy atom. The van der Waals surface area contributed by atoms with E-state index in [-0.39, 0.29) is 5.91 Å². The monoisotopic (exact) mass is 240 g/mol. The molecule has 1 saturated heterocycles. The van der Waals surface area contributed by atoms with Gasteiger partial charge in [-0.05, 0) is 12.8 Å². The second kappa shape index (κ2) is 5.46.